The lowest BCUT2D eigenvalue weighted by molar-refractivity contribution is 0.382. The Labute approximate surface area is 114 Å². The Bertz CT molecular complexity index is 516. The second-order valence-corrected chi connectivity index (χ2v) is 4.31. The lowest BCUT2D eigenvalue weighted by Gasteiger charge is -2.17. The van der Waals surface area contributed by atoms with Gasteiger partial charge < -0.3 is 14.5 Å². The Kier molecular flexibility index (Phi) is 4.33. The third-order valence-electron chi connectivity index (χ3n) is 2.52. The minimum absolute atomic E-state index is 0.119. The van der Waals surface area contributed by atoms with Crippen LogP contribution in [0.5, 0.6) is 5.88 Å². The molecule has 96 valence electrons. The molecule has 2 aromatic rings. The molecule has 5 nitrogen and oxygen atoms in total. The van der Waals surface area contributed by atoms with Gasteiger partial charge in [0.05, 0.1) is 19.4 Å². The van der Waals surface area contributed by atoms with Gasteiger partial charge in [0, 0.05) is 18.0 Å². The summed E-state index contributed by atoms with van der Waals surface area (Å²) in [4.78, 5) is 8.52. The van der Waals surface area contributed by atoms with Crippen LogP contribution in [0.2, 0.25) is 0 Å². The summed E-state index contributed by atoms with van der Waals surface area (Å²) >= 11 is 3.39. The van der Waals surface area contributed by atoms with Crippen molar-refractivity contribution < 1.29 is 9.15 Å². The molecule has 2 heterocycles. The van der Waals surface area contributed by atoms with E-state index in [0.717, 1.165) is 17.8 Å². The van der Waals surface area contributed by atoms with Gasteiger partial charge in [-0.1, -0.05) is 6.92 Å². The number of aromatic nitrogens is 2. The number of halogens is 1. The van der Waals surface area contributed by atoms with Crippen molar-refractivity contribution in [2.75, 3.05) is 13.7 Å². The zero-order valence-corrected chi connectivity index (χ0v) is 11.8. The Hall–Kier alpha value is -1.40. The smallest absolute Gasteiger partial charge is 0.237 e. The van der Waals surface area contributed by atoms with Crippen molar-refractivity contribution in [3.63, 3.8) is 0 Å². The number of ether oxygens (including phenoxy) is 1. The summed E-state index contributed by atoms with van der Waals surface area (Å²) in [5, 5.41) is 3.34. The normalized spacial score (nSPS) is 12.4. The molecule has 6 heteroatoms. The SMILES string of the molecule is CCNC(c1ccoc1Br)c1nccnc1OC. The van der Waals surface area contributed by atoms with E-state index in [1.807, 2.05) is 13.0 Å². The maximum Gasteiger partial charge on any atom is 0.237 e. The molecular formula is C12H14BrN3O2. The predicted octanol–water partition coefficient (Wildman–Crippen LogP) is 2.54. The largest absolute Gasteiger partial charge is 0.480 e. The fourth-order valence-corrected chi connectivity index (χ4v) is 2.23. The lowest BCUT2D eigenvalue weighted by Crippen LogP contribution is -2.23. The Morgan fingerprint density at radius 2 is 2.22 bits per heavy atom. The topological polar surface area (TPSA) is 60.2 Å². The first-order chi connectivity index (χ1) is 8.77. The zero-order chi connectivity index (χ0) is 13.0. The number of hydrogen-bond acceptors (Lipinski definition) is 5. The Balaban J connectivity index is 2.45. The van der Waals surface area contributed by atoms with Gasteiger partial charge in [-0.2, -0.15) is 0 Å². The molecule has 18 heavy (non-hydrogen) atoms. The van der Waals surface area contributed by atoms with Crippen LogP contribution in [0.3, 0.4) is 0 Å². The number of nitrogens with one attached hydrogen (secondary N) is 1. The second kappa shape index (κ2) is 5.97. The number of furan rings is 1. The maximum atomic E-state index is 5.27. The Morgan fingerprint density at radius 3 is 2.83 bits per heavy atom. The van der Waals surface area contributed by atoms with E-state index in [9.17, 15) is 0 Å². The van der Waals surface area contributed by atoms with E-state index in [0.29, 0.717) is 10.5 Å². The lowest BCUT2D eigenvalue weighted by atomic mass is 10.1. The molecular weight excluding hydrogens is 298 g/mol. The first-order valence-electron chi connectivity index (χ1n) is 5.59. The van der Waals surface area contributed by atoms with Crippen molar-refractivity contribution in [3.8, 4) is 5.88 Å². The van der Waals surface area contributed by atoms with E-state index < -0.39 is 0 Å². The van der Waals surface area contributed by atoms with E-state index in [1.165, 1.54) is 0 Å². The van der Waals surface area contributed by atoms with Crippen LogP contribution in [0.15, 0.2) is 33.8 Å². The molecule has 0 aromatic carbocycles. The van der Waals surface area contributed by atoms with Gasteiger partial charge in [-0.3, -0.25) is 4.98 Å². The highest BCUT2D eigenvalue weighted by Gasteiger charge is 2.23. The molecule has 0 aliphatic heterocycles. The highest BCUT2D eigenvalue weighted by Crippen LogP contribution is 2.31. The van der Waals surface area contributed by atoms with Crippen molar-refractivity contribution in [1.29, 1.82) is 0 Å². The third-order valence-corrected chi connectivity index (χ3v) is 3.17. The molecule has 0 saturated carbocycles. The summed E-state index contributed by atoms with van der Waals surface area (Å²) in [5.41, 5.74) is 1.71. The van der Waals surface area contributed by atoms with Crippen LogP contribution in [0.4, 0.5) is 0 Å². The van der Waals surface area contributed by atoms with Gasteiger partial charge in [-0.25, -0.2) is 4.98 Å². The minimum atomic E-state index is -0.119. The van der Waals surface area contributed by atoms with Gasteiger partial charge in [0.1, 0.15) is 5.69 Å². The molecule has 0 saturated heterocycles. The van der Waals surface area contributed by atoms with E-state index in [1.54, 1.807) is 25.8 Å². The maximum absolute atomic E-state index is 5.27. The number of methoxy groups -OCH3 is 1. The van der Waals surface area contributed by atoms with Crippen LogP contribution in [-0.4, -0.2) is 23.6 Å². The highest BCUT2D eigenvalue weighted by molar-refractivity contribution is 9.10. The van der Waals surface area contributed by atoms with Gasteiger partial charge in [0.25, 0.3) is 0 Å². The van der Waals surface area contributed by atoms with Crippen LogP contribution in [0, 0.1) is 0 Å². The van der Waals surface area contributed by atoms with Gasteiger partial charge in [-0.05, 0) is 28.5 Å². The summed E-state index contributed by atoms with van der Waals surface area (Å²) in [5.74, 6) is 0.511. The summed E-state index contributed by atoms with van der Waals surface area (Å²) < 4.78 is 11.2. The van der Waals surface area contributed by atoms with Crippen LogP contribution in [-0.2, 0) is 0 Å². The molecule has 2 aromatic heterocycles. The van der Waals surface area contributed by atoms with Crippen LogP contribution in [0.1, 0.15) is 24.2 Å². The number of nitrogens with zero attached hydrogens (tertiary/aromatic N) is 2. The fraction of sp³-hybridized carbons (Fsp3) is 0.333. The third kappa shape index (κ3) is 2.54. The highest BCUT2D eigenvalue weighted by atomic mass is 79.9. The fourth-order valence-electron chi connectivity index (χ4n) is 1.76. The zero-order valence-electron chi connectivity index (χ0n) is 10.2. The van der Waals surface area contributed by atoms with E-state index in [2.05, 4.69) is 31.2 Å². The minimum Gasteiger partial charge on any atom is -0.480 e. The molecule has 0 spiro atoms. The van der Waals surface area contributed by atoms with Gasteiger partial charge in [0.15, 0.2) is 4.67 Å². The summed E-state index contributed by atoms with van der Waals surface area (Å²) in [6, 6.07) is 1.78. The molecule has 0 aliphatic rings. The summed E-state index contributed by atoms with van der Waals surface area (Å²) in [6.07, 6.45) is 4.89. The molecule has 0 fully saturated rings. The molecule has 0 amide bonds. The first-order valence-corrected chi connectivity index (χ1v) is 6.38. The molecule has 0 bridgehead atoms. The predicted molar refractivity (Wildman–Crippen MR) is 70.5 cm³/mol. The molecule has 1 unspecified atom stereocenters. The molecule has 0 aliphatic carbocycles. The number of hydrogen-bond donors (Lipinski definition) is 1. The van der Waals surface area contributed by atoms with Crippen molar-refractivity contribution >= 4 is 15.9 Å². The quantitative estimate of drug-likeness (QED) is 0.919. The molecule has 2 rings (SSSR count). The van der Waals surface area contributed by atoms with Crippen LogP contribution in [0.25, 0.3) is 0 Å². The molecule has 1 atom stereocenters. The van der Waals surface area contributed by atoms with Crippen LogP contribution >= 0.6 is 15.9 Å². The standard InChI is InChI=1S/C12H14BrN3O2/c1-3-14-9(8-4-7-18-11(8)13)10-12(17-2)16-6-5-15-10/h4-7,9,14H,3H2,1-2H3. The average molecular weight is 312 g/mol. The molecule has 1 N–H and O–H groups in total. The second-order valence-electron chi connectivity index (χ2n) is 3.59. The van der Waals surface area contributed by atoms with Gasteiger partial charge >= 0.3 is 0 Å². The van der Waals surface area contributed by atoms with E-state index in [-0.39, 0.29) is 6.04 Å². The van der Waals surface area contributed by atoms with E-state index >= 15 is 0 Å². The van der Waals surface area contributed by atoms with Gasteiger partial charge in [0.2, 0.25) is 5.88 Å². The van der Waals surface area contributed by atoms with Crippen LogP contribution < -0.4 is 10.1 Å². The number of rotatable bonds is 5. The van der Waals surface area contributed by atoms with E-state index in [4.69, 9.17) is 9.15 Å². The van der Waals surface area contributed by atoms with Crippen molar-refractivity contribution in [2.24, 2.45) is 0 Å². The summed E-state index contributed by atoms with van der Waals surface area (Å²) in [7, 11) is 1.58. The van der Waals surface area contributed by atoms with Gasteiger partial charge in [-0.15, -0.1) is 0 Å². The molecule has 0 radical (unpaired) electrons. The van der Waals surface area contributed by atoms with Crippen molar-refractivity contribution in [2.45, 2.75) is 13.0 Å². The Morgan fingerprint density at radius 1 is 1.44 bits per heavy atom. The van der Waals surface area contributed by atoms with Crippen molar-refractivity contribution in [1.82, 2.24) is 15.3 Å². The summed E-state index contributed by atoms with van der Waals surface area (Å²) in [6.45, 7) is 2.83. The first kappa shape index (κ1) is 13.0. The van der Waals surface area contributed by atoms with Crippen molar-refractivity contribution in [3.05, 3.63) is 40.7 Å². The monoisotopic (exact) mass is 311 g/mol. The average Bonchev–Trinajstić information content (AvgIpc) is 2.82.